The number of methoxy groups -OCH3 is 1. The summed E-state index contributed by atoms with van der Waals surface area (Å²) in [5.41, 5.74) is 0.533. The van der Waals surface area contributed by atoms with E-state index in [-0.39, 0.29) is 18.0 Å². The first-order valence-electron chi connectivity index (χ1n) is 7.63. The third-order valence-electron chi connectivity index (χ3n) is 3.30. The molecule has 0 fully saturated rings. The van der Waals surface area contributed by atoms with Gasteiger partial charge in [0.05, 0.1) is 19.8 Å². The largest absolute Gasteiger partial charge is 0.497 e. The average molecular weight is 306 g/mol. The molecule has 0 aliphatic carbocycles. The lowest BCUT2D eigenvalue weighted by atomic mass is 10.1. The van der Waals surface area contributed by atoms with Gasteiger partial charge >= 0.3 is 0 Å². The fourth-order valence-corrected chi connectivity index (χ4v) is 1.55. The zero-order valence-corrected chi connectivity index (χ0v) is 14.1. The SMILES string of the molecule is CCCOC(=N[C@H](C)C(C)C)NC(=O)c1ccc(OC)cc1. The number of benzene rings is 1. The fourth-order valence-electron chi connectivity index (χ4n) is 1.55. The van der Waals surface area contributed by atoms with E-state index in [4.69, 9.17) is 9.47 Å². The quantitative estimate of drug-likeness (QED) is 0.648. The van der Waals surface area contributed by atoms with Crippen molar-refractivity contribution in [2.45, 2.75) is 40.2 Å². The molecule has 0 unspecified atom stereocenters. The van der Waals surface area contributed by atoms with Crippen LogP contribution in [0.2, 0.25) is 0 Å². The highest BCUT2D eigenvalue weighted by Gasteiger charge is 2.13. The smallest absolute Gasteiger partial charge is 0.291 e. The molecule has 0 aromatic heterocycles. The molecule has 122 valence electrons. The van der Waals surface area contributed by atoms with Crippen molar-refractivity contribution in [2.75, 3.05) is 13.7 Å². The number of hydrogen-bond donors (Lipinski definition) is 1. The van der Waals surface area contributed by atoms with Crippen molar-refractivity contribution in [3.8, 4) is 5.75 Å². The van der Waals surface area contributed by atoms with Gasteiger partial charge in [0, 0.05) is 5.56 Å². The summed E-state index contributed by atoms with van der Waals surface area (Å²) < 4.78 is 10.6. The third-order valence-corrected chi connectivity index (χ3v) is 3.30. The van der Waals surface area contributed by atoms with E-state index in [0.29, 0.717) is 23.8 Å². The lowest BCUT2D eigenvalue weighted by molar-refractivity contribution is 0.0965. The van der Waals surface area contributed by atoms with Gasteiger partial charge in [0.1, 0.15) is 5.75 Å². The first-order chi connectivity index (χ1) is 10.5. The Balaban J connectivity index is 2.80. The second kappa shape index (κ2) is 9.07. The van der Waals surface area contributed by atoms with Crippen molar-refractivity contribution in [3.63, 3.8) is 0 Å². The lowest BCUT2D eigenvalue weighted by Gasteiger charge is -2.15. The summed E-state index contributed by atoms with van der Waals surface area (Å²) in [5.74, 6) is 0.840. The van der Waals surface area contributed by atoms with Gasteiger partial charge in [-0.2, -0.15) is 0 Å². The highest BCUT2D eigenvalue weighted by atomic mass is 16.5. The summed E-state index contributed by atoms with van der Waals surface area (Å²) >= 11 is 0. The van der Waals surface area contributed by atoms with E-state index in [9.17, 15) is 4.79 Å². The van der Waals surface area contributed by atoms with E-state index >= 15 is 0 Å². The van der Waals surface area contributed by atoms with Crippen LogP contribution in [0.1, 0.15) is 44.5 Å². The Morgan fingerprint density at radius 1 is 1.23 bits per heavy atom. The van der Waals surface area contributed by atoms with Gasteiger partial charge in [-0.1, -0.05) is 20.8 Å². The Morgan fingerprint density at radius 3 is 2.36 bits per heavy atom. The topological polar surface area (TPSA) is 59.9 Å². The molecule has 0 saturated carbocycles. The molecule has 0 bridgehead atoms. The Bertz CT molecular complexity index is 495. The molecule has 0 heterocycles. The Labute approximate surface area is 132 Å². The average Bonchev–Trinajstić information content (AvgIpc) is 2.52. The molecule has 1 N–H and O–H groups in total. The van der Waals surface area contributed by atoms with Gasteiger partial charge in [-0.3, -0.25) is 10.1 Å². The normalized spacial score (nSPS) is 12.9. The van der Waals surface area contributed by atoms with Crippen LogP contribution in [0, 0.1) is 5.92 Å². The Kier molecular flexibility index (Phi) is 7.43. The van der Waals surface area contributed by atoms with Crippen molar-refractivity contribution in [1.82, 2.24) is 5.32 Å². The van der Waals surface area contributed by atoms with Gasteiger partial charge in [-0.05, 0) is 43.5 Å². The molecule has 1 aromatic rings. The van der Waals surface area contributed by atoms with E-state index in [1.807, 2.05) is 13.8 Å². The zero-order chi connectivity index (χ0) is 16.5. The van der Waals surface area contributed by atoms with E-state index in [2.05, 4.69) is 24.2 Å². The third kappa shape index (κ3) is 5.76. The first kappa shape index (κ1) is 18.0. The van der Waals surface area contributed by atoms with Crippen molar-refractivity contribution in [1.29, 1.82) is 0 Å². The summed E-state index contributed by atoms with van der Waals surface area (Å²) in [6.07, 6.45) is 0.855. The predicted molar refractivity (Wildman–Crippen MR) is 88.4 cm³/mol. The number of amides is 1. The Morgan fingerprint density at radius 2 is 1.86 bits per heavy atom. The van der Waals surface area contributed by atoms with Gasteiger partial charge in [-0.25, -0.2) is 4.99 Å². The number of nitrogens with one attached hydrogen (secondary N) is 1. The van der Waals surface area contributed by atoms with Gasteiger partial charge in [0.15, 0.2) is 0 Å². The van der Waals surface area contributed by atoms with E-state index in [1.165, 1.54) is 0 Å². The standard InChI is InChI=1S/C17H26N2O3/c1-6-11-22-17(18-13(4)12(2)3)19-16(20)14-7-9-15(21-5)10-8-14/h7-10,12-13H,6,11H2,1-5H3,(H,18,19,20)/t13-/m1/s1. The van der Waals surface area contributed by atoms with Gasteiger partial charge in [0.2, 0.25) is 0 Å². The van der Waals surface area contributed by atoms with Crippen LogP contribution in [0.15, 0.2) is 29.3 Å². The number of nitrogens with zero attached hydrogens (tertiary/aromatic N) is 1. The number of ether oxygens (including phenoxy) is 2. The second-order valence-corrected chi connectivity index (χ2v) is 5.45. The van der Waals surface area contributed by atoms with Crippen molar-refractivity contribution < 1.29 is 14.3 Å². The Hall–Kier alpha value is -2.04. The van der Waals surface area contributed by atoms with Gasteiger partial charge in [-0.15, -0.1) is 0 Å². The lowest BCUT2D eigenvalue weighted by Crippen LogP contribution is -2.34. The maximum atomic E-state index is 12.3. The van der Waals surface area contributed by atoms with Crippen LogP contribution in [0.4, 0.5) is 0 Å². The summed E-state index contributed by atoms with van der Waals surface area (Å²) in [7, 11) is 1.59. The predicted octanol–water partition coefficient (Wildman–Crippen LogP) is 3.25. The van der Waals surface area contributed by atoms with Crippen molar-refractivity contribution >= 4 is 11.9 Å². The summed E-state index contributed by atoms with van der Waals surface area (Å²) in [6, 6.07) is 7.26. The molecule has 1 amide bonds. The fraction of sp³-hybridized carbons (Fsp3) is 0.529. The summed E-state index contributed by atoms with van der Waals surface area (Å²) in [4.78, 5) is 16.7. The van der Waals surface area contributed by atoms with Crippen molar-refractivity contribution in [3.05, 3.63) is 29.8 Å². The molecule has 22 heavy (non-hydrogen) atoms. The zero-order valence-electron chi connectivity index (χ0n) is 14.1. The molecule has 5 heteroatoms. The van der Waals surface area contributed by atoms with Crippen LogP contribution >= 0.6 is 0 Å². The maximum Gasteiger partial charge on any atom is 0.291 e. The number of hydrogen-bond acceptors (Lipinski definition) is 4. The van der Waals surface area contributed by atoms with Crippen LogP contribution in [0.5, 0.6) is 5.75 Å². The number of carbonyl (C=O) groups excluding carboxylic acids is 1. The maximum absolute atomic E-state index is 12.3. The van der Waals surface area contributed by atoms with Crippen LogP contribution in [0.3, 0.4) is 0 Å². The highest BCUT2D eigenvalue weighted by molar-refractivity contribution is 6.04. The molecule has 1 aromatic carbocycles. The molecular formula is C17H26N2O3. The first-order valence-corrected chi connectivity index (χ1v) is 7.63. The number of aliphatic imine (C=N–C) groups is 1. The minimum atomic E-state index is -0.242. The number of rotatable bonds is 6. The van der Waals surface area contributed by atoms with E-state index < -0.39 is 0 Å². The monoisotopic (exact) mass is 306 g/mol. The molecule has 0 spiro atoms. The molecule has 5 nitrogen and oxygen atoms in total. The molecule has 0 aliphatic rings. The molecular weight excluding hydrogens is 280 g/mol. The van der Waals surface area contributed by atoms with Gasteiger partial charge < -0.3 is 9.47 Å². The van der Waals surface area contributed by atoms with Crippen LogP contribution in [-0.2, 0) is 4.74 Å². The summed E-state index contributed by atoms with van der Waals surface area (Å²) in [5, 5.41) is 2.74. The van der Waals surface area contributed by atoms with Crippen molar-refractivity contribution in [2.24, 2.45) is 10.9 Å². The summed E-state index contributed by atoms with van der Waals surface area (Å²) in [6.45, 7) is 8.69. The molecule has 1 atom stereocenters. The molecule has 0 saturated heterocycles. The second-order valence-electron chi connectivity index (χ2n) is 5.45. The minimum Gasteiger partial charge on any atom is -0.497 e. The van der Waals surface area contributed by atoms with Crippen LogP contribution in [0.25, 0.3) is 0 Å². The van der Waals surface area contributed by atoms with E-state index in [0.717, 1.165) is 6.42 Å². The molecule has 0 radical (unpaired) electrons. The van der Waals surface area contributed by atoms with Gasteiger partial charge in [0.25, 0.3) is 11.9 Å². The number of amidine groups is 1. The van der Waals surface area contributed by atoms with Crippen LogP contribution < -0.4 is 10.1 Å². The highest BCUT2D eigenvalue weighted by Crippen LogP contribution is 2.11. The van der Waals surface area contributed by atoms with E-state index in [1.54, 1.807) is 31.4 Å². The number of carbonyl (C=O) groups is 1. The van der Waals surface area contributed by atoms with Crippen LogP contribution in [-0.4, -0.2) is 31.7 Å². The minimum absolute atomic E-state index is 0.0722. The molecule has 1 rings (SSSR count). The molecule has 0 aliphatic heterocycles.